The maximum Gasteiger partial charge on any atom is 0.134 e. The first-order valence-electron chi connectivity index (χ1n) is 7.52. The number of anilines is 2. The largest absolute Gasteiger partial charge is 0.370 e. The van der Waals surface area contributed by atoms with Crippen LogP contribution in [-0.2, 0) is 0 Å². The molecule has 5 heteroatoms. The fraction of sp³-hybridized carbons (Fsp3) is 0.733. The van der Waals surface area contributed by atoms with Crippen LogP contribution in [0.2, 0.25) is 0 Å². The molecule has 20 heavy (non-hydrogen) atoms. The summed E-state index contributed by atoms with van der Waals surface area (Å²) >= 11 is 1.92. The van der Waals surface area contributed by atoms with Crippen molar-refractivity contribution in [3.63, 3.8) is 0 Å². The lowest BCUT2D eigenvalue weighted by molar-refractivity contribution is 0.745. The average Bonchev–Trinajstić information content (AvgIpc) is 2.43. The van der Waals surface area contributed by atoms with Gasteiger partial charge in [-0.1, -0.05) is 20.3 Å². The van der Waals surface area contributed by atoms with Crippen LogP contribution < -0.4 is 10.6 Å². The van der Waals surface area contributed by atoms with Crippen molar-refractivity contribution in [1.82, 2.24) is 9.97 Å². The van der Waals surface area contributed by atoms with E-state index in [-0.39, 0.29) is 0 Å². The molecule has 0 saturated carbocycles. The molecule has 0 radical (unpaired) electrons. The molecular weight excluding hydrogens is 268 g/mol. The number of nitrogens with zero attached hydrogens (tertiary/aromatic N) is 2. The maximum atomic E-state index is 4.41. The maximum absolute atomic E-state index is 4.41. The first-order valence-corrected chi connectivity index (χ1v) is 8.91. The molecule has 1 rings (SSSR count). The summed E-state index contributed by atoms with van der Waals surface area (Å²) in [5, 5.41) is 6.79. The third-order valence-corrected chi connectivity index (χ3v) is 3.82. The predicted octanol–water partition coefficient (Wildman–Crippen LogP) is 3.98. The van der Waals surface area contributed by atoms with E-state index in [0.29, 0.717) is 5.92 Å². The van der Waals surface area contributed by atoms with E-state index >= 15 is 0 Å². The smallest absolute Gasteiger partial charge is 0.134 e. The lowest BCUT2D eigenvalue weighted by atomic mass is 10.0. The first-order chi connectivity index (χ1) is 9.70. The Morgan fingerprint density at radius 3 is 2.40 bits per heavy atom. The zero-order valence-corrected chi connectivity index (χ0v) is 14.0. The molecule has 0 atom stereocenters. The van der Waals surface area contributed by atoms with Gasteiger partial charge >= 0.3 is 0 Å². The van der Waals surface area contributed by atoms with E-state index in [0.717, 1.165) is 24.7 Å². The first kappa shape index (κ1) is 17.1. The Morgan fingerprint density at radius 1 is 1.10 bits per heavy atom. The molecule has 0 amide bonds. The van der Waals surface area contributed by atoms with Gasteiger partial charge in [0.15, 0.2) is 0 Å². The molecule has 0 spiro atoms. The normalized spacial score (nSPS) is 10.8. The minimum absolute atomic E-state index is 0.407. The number of hydrogen-bond acceptors (Lipinski definition) is 5. The van der Waals surface area contributed by atoms with Gasteiger partial charge in [-0.05, 0) is 37.7 Å². The molecule has 1 aromatic heterocycles. The molecular formula is C15H28N4S. The summed E-state index contributed by atoms with van der Waals surface area (Å²) in [5.74, 6) is 3.61. The van der Waals surface area contributed by atoms with Crippen molar-refractivity contribution in [2.45, 2.75) is 46.0 Å². The van der Waals surface area contributed by atoms with Crippen molar-refractivity contribution >= 4 is 23.4 Å². The Morgan fingerprint density at radius 2 is 1.80 bits per heavy atom. The Balaban J connectivity index is 2.57. The Labute approximate surface area is 127 Å². The van der Waals surface area contributed by atoms with E-state index in [4.69, 9.17) is 0 Å². The van der Waals surface area contributed by atoms with E-state index in [2.05, 4.69) is 47.6 Å². The van der Waals surface area contributed by atoms with Gasteiger partial charge in [0.25, 0.3) is 0 Å². The third kappa shape index (κ3) is 5.57. The van der Waals surface area contributed by atoms with E-state index in [1.54, 1.807) is 6.33 Å². The molecule has 0 aromatic carbocycles. The lowest BCUT2D eigenvalue weighted by Crippen LogP contribution is -2.12. The predicted molar refractivity (Wildman–Crippen MR) is 91.0 cm³/mol. The highest BCUT2D eigenvalue weighted by atomic mass is 32.2. The summed E-state index contributed by atoms with van der Waals surface area (Å²) in [5.41, 5.74) is 1.19. The van der Waals surface area contributed by atoms with Gasteiger partial charge in [0.1, 0.15) is 18.0 Å². The molecule has 114 valence electrons. The molecule has 0 fully saturated rings. The van der Waals surface area contributed by atoms with Crippen molar-refractivity contribution in [2.75, 3.05) is 35.7 Å². The van der Waals surface area contributed by atoms with Gasteiger partial charge < -0.3 is 10.6 Å². The van der Waals surface area contributed by atoms with Crippen LogP contribution in [-0.4, -0.2) is 35.1 Å². The van der Waals surface area contributed by atoms with E-state index in [1.165, 1.54) is 30.6 Å². The molecule has 0 saturated heterocycles. The van der Waals surface area contributed by atoms with Gasteiger partial charge in [0.05, 0.1) is 0 Å². The summed E-state index contributed by atoms with van der Waals surface area (Å²) in [4.78, 5) is 8.76. The molecule has 4 nitrogen and oxygen atoms in total. The second-order valence-electron chi connectivity index (χ2n) is 5.15. The molecule has 1 heterocycles. The highest BCUT2D eigenvalue weighted by Gasteiger charge is 2.13. The lowest BCUT2D eigenvalue weighted by Gasteiger charge is -2.17. The summed E-state index contributed by atoms with van der Waals surface area (Å²) in [6.07, 6.45) is 7.57. The van der Waals surface area contributed by atoms with E-state index in [9.17, 15) is 0 Å². The van der Waals surface area contributed by atoms with Crippen molar-refractivity contribution in [2.24, 2.45) is 0 Å². The van der Waals surface area contributed by atoms with Gasteiger partial charge in [0, 0.05) is 18.7 Å². The summed E-state index contributed by atoms with van der Waals surface area (Å²) in [6, 6.07) is 0. The number of hydrogen-bond donors (Lipinski definition) is 2. The van der Waals surface area contributed by atoms with Crippen LogP contribution in [0.4, 0.5) is 11.6 Å². The van der Waals surface area contributed by atoms with Crippen LogP contribution >= 0.6 is 11.8 Å². The molecule has 0 aliphatic heterocycles. The number of unbranched alkanes of at least 4 members (excludes halogenated alkanes) is 2. The Kier molecular flexibility index (Phi) is 8.42. The van der Waals surface area contributed by atoms with Crippen LogP contribution in [0.1, 0.15) is 51.5 Å². The molecule has 2 N–H and O–H groups in total. The minimum atomic E-state index is 0.407. The topological polar surface area (TPSA) is 49.8 Å². The van der Waals surface area contributed by atoms with Gasteiger partial charge in [-0.25, -0.2) is 9.97 Å². The molecule has 0 aliphatic rings. The van der Waals surface area contributed by atoms with Crippen molar-refractivity contribution in [3.05, 3.63) is 11.9 Å². The number of thioether (sulfide) groups is 1. The second kappa shape index (κ2) is 9.86. The van der Waals surface area contributed by atoms with Crippen LogP contribution in [0.15, 0.2) is 6.33 Å². The third-order valence-electron chi connectivity index (χ3n) is 3.12. The summed E-state index contributed by atoms with van der Waals surface area (Å²) < 4.78 is 0. The Bertz CT molecular complexity index is 382. The van der Waals surface area contributed by atoms with Crippen molar-refractivity contribution < 1.29 is 0 Å². The second-order valence-corrected chi connectivity index (χ2v) is 6.14. The van der Waals surface area contributed by atoms with Gasteiger partial charge in [0.2, 0.25) is 0 Å². The number of aromatic nitrogens is 2. The average molecular weight is 296 g/mol. The fourth-order valence-corrected chi connectivity index (χ4v) is 2.64. The van der Waals surface area contributed by atoms with Crippen LogP contribution in [0.25, 0.3) is 0 Å². The molecule has 0 aliphatic carbocycles. The standard InChI is InChI=1S/C15H28N4S/c1-5-16-14-13(12(2)3)15(19-11-18-14)17-9-7-6-8-10-20-4/h11-12H,5-10H2,1-4H3,(H2,16,17,18,19). The zero-order valence-electron chi connectivity index (χ0n) is 13.2. The highest BCUT2D eigenvalue weighted by molar-refractivity contribution is 7.98. The Hall–Kier alpha value is -0.970. The van der Waals surface area contributed by atoms with Gasteiger partial charge in [-0.2, -0.15) is 11.8 Å². The summed E-state index contributed by atoms with van der Waals surface area (Å²) in [7, 11) is 0. The van der Waals surface area contributed by atoms with Gasteiger partial charge in [-0.15, -0.1) is 0 Å². The number of rotatable bonds is 10. The minimum Gasteiger partial charge on any atom is -0.370 e. The van der Waals surface area contributed by atoms with E-state index in [1.807, 2.05) is 11.8 Å². The molecule has 0 bridgehead atoms. The summed E-state index contributed by atoms with van der Waals surface area (Å²) in [6.45, 7) is 8.32. The highest BCUT2D eigenvalue weighted by Crippen LogP contribution is 2.28. The van der Waals surface area contributed by atoms with Crippen LogP contribution in [0.5, 0.6) is 0 Å². The van der Waals surface area contributed by atoms with Crippen molar-refractivity contribution in [3.8, 4) is 0 Å². The molecule has 0 unspecified atom stereocenters. The zero-order chi connectivity index (χ0) is 14.8. The van der Waals surface area contributed by atoms with Crippen LogP contribution in [0, 0.1) is 0 Å². The van der Waals surface area contributed by atoms with Gasteiger partial charge in [-0.3, -0.25) is 0 Å². The van der Waals surface area contributed by atoms with Crippen LogP contribution in [0.3, 0.4) is 0 Å². The SMILES string of the molecule is CCNc1ncnc(NCCCCCSC)c1C(C)C. The fourth-order valence-electron chi connectivity index (χ4n) is 2.15. The quantitative estimate of drug-likeness (QED) is 0.640. The monoisotopic (exact) mass is 296 g/mol. The number of nitrogens with one attached hydrogen (secondary N) is 2. The van der Waals surface area contributed by atoms with E-state index < -0.39 is 0 Å². The molecule has 1 aromatic rings. The van der Waals surface area contributed by atoms with Crippen molar-refractivity contribution in [1.29, 1.82) is 0 Å².